The lowest BCUT2D eigenvalue weighted by atomic mass is 10.3. The van der Waals surface area contributed by atoms with Gasteiger partial charge < -0.3 is 17.1 Å². The van der Waals surface area contributed by atoms with Crippen molar-refractivity contribution in [3.63, 3.8) is 0 Å². The molecule has 0 heterocycles. The Balaban J connectivity index is 0.00000225. The summed E-state index contributed by atoms with van der Waals surface area (Å²) in [7, 11) is -3.06. The molecule has 6 nitrogen and oxygen atoms in total. The summed E-state index contributed by atoms with van der Waals surface area (Å²) in [6.07, 6.45) is 0. The van der Waals surface area contributed by atoms with Gasteiger partial charge in [0, 0.05) is 0 Å². The molecule has 9 heteroatoms. The van der Waals surface area contributed by atoms with Gasteiger partial charge in [-0.2, -0.15) is 8.42 Å². The number of hydrogen-bond acceptors (Lipinski definition) is 4. The van der Waals surface area contributed by atoms with E-state index < -0.39 is 15.0 Å². The largest absolute Gasteiger partial charge is 1.00 e. The fourth-order valence-electron chi connectivity index (χ4n) is 0.966. The Kier molecular flexibility index (Phi) is 5.15. The van der Waals surface area contributed by atoms with Crippen LogP contribution in [0.4, 0.5) is 5.69 Å². The van der Waals surface area contributed by atoms with Crippen LogP contribution in [-0.2, 0) is 10.1 Å². The molecule has 0 saturated heterocycles. The van der Waals surface area contributed by atoms with Crippen LogP contribution in [0.25, 0.3) is 4.98 Å². The summed E-state index contributed by atoms with van der Waals surface area (Å²) in [6.45, 7) is 0. The summed E-state index contributed by atoms with van der Waals surface area (Å²) in [6, 6.07) is 2.26. The molecule has 0 aliphatic carbocycles. The number of diazo groups is 1. The molecule has 1 N–H and O–H groups in total. The van der Waals surface area contributed by atoms with Gasteiger partial charge in [-0.05, 0) is 22.0 Å². The summed E-state index contributed by atoms with van der Waals surface area (Å²) in [5.41, 5.74) is -0.294. The zero-order valence-electron chi connectivity index (χ0n) is 7.89. The van der Waals surface area contributed by atoms with E-state index >= 15 is 0 Å². The van der Waals surface area contributed by atoms with Crippen LogP contribution >= 0.6 is 15.9 Å². The zero-order chi connectivity index (χ0) is 11.6. The first-order valence-electron chi connectivity index (χ1n) is 3.60. The lowest BCUT2D eigenvalue weighted by Gasteiger charge is -2.01. The molecule has 0 aliphatic rings. The van der Waals surface area contributed by atoms with Crippen molar-refractivity contribution in [2.75, 3.05) is 7.11 Å². The Morgan fingerprint density at radius 3 is 2.44 bits per heavy atom. The Labute approximate surface area is 107 Å². The summed E-state index contributed by atoms with van der Waals surface area (Å²) in [5, 5.41) is 8.57. The van der Waals surface area contributed by atoms with Crippen molar-refractivity contribution in [3.8, 4) is 5.75 Å². The third kappa shape index (κ3) is 3.05. The monoisotopic (exact) mass is 328 g/mol. The Bertz CT molecular complexity index is 540. The Morgan fingerprint density at radius 2 is 2.06 bits per heavy atom. The molecule has 0 aromatic heterocycles. The van der Waals surface area contributed by atoms with Crippen LogP contribution in [0.15, 0.2) is 21.5 Å². The van der Waals surface area contributed by atoms with Gasteiger partial charge in [0.15, 0.2) is 9.87 Å². The number of ether oxygens (including phenoxy) is 1. The fourth-order valence-corrected chi connectivity index (χ4v) is 2.25. The third-order valence-electron chi connectivity index (χ3n) is 1.62. The summed E-state index contributed by atoms with van der Waals surface area (Å²) >= 11 is 3.04. The van der Waals surface area contributed by atoms with Crippen molar-refractivity contribution in [2.45, 2.75) is 4.90 Å². The molecule has 1 aromatic rings. The minimum absolute atomic E-state index is 0. The number of nitrogens with zero attached hydrogens (tertiary/aromatic N) is 2. The lowest BCUT2D eigenvalue weighted by Crippen LogP contribution is -3.00. The van der Waals surface area contributed by atoms with Crippen molar-refractivity contribution < 1.29 is 30.1 Å². The number of halogens is 2. The SMILES string of the molecule is COc1cc([N+]#N)c(S(=O)(=O)O)cc1Br.[Cl-]. The van der Waals surface area contributed by atoms with Crippen molar-refractivity contribution in [1.29, 1.82) is 5.39 Å². The predicted molar refractivity (Wildman–Crippen MR) is 55.3 cm³/mol. The lowest BCUT2D eigenvalue weighted by molar-refractivity contribution is -0.00000770. The average Bonchev–Trinajstić information content (AvgIpc) is 2.16. The van der Waals surface area contributed by atoms with Crippen LogP contribution in [0.3, 0.4) is 0 Å². The molecule has 1 rings (SSSR count). The molecular weight excluding hydrogens is 324 g/mol. The minimum Gasteiger partial charge on any atom is -1.00 e. The fraction of sp³-hybridized carbons (Fsp3) is 0.143. The molecule has 0 bridgehead atoms. The van der Waals surface area contributed by atoms with Gasteiger partial charge in [0.1, 0.15) is 5.75 Å². The van der Waals surface area contributed by atoms with Crippen LogP contribution in [0.1, 0.15) is 0 Å². The second-order valence-corrected chi connectivity index (χ2v) is 4.77. The standard InChI is InChI=1S/C7H5BrN2O4S.ClH/c1-14-6-3-5(10-9)7(2-4(6)8)15(11,12)13;/h2-3H,1H3;1H. The van der Waals surface area contributed by atoms with Gasteiger partial charge in [-0.1, -0.05) is 0 Å². The first-order chi connectivity index (χ1) is 6.90. The molecule has 0 aliphatic heterocycles. The molecule has 16 heavy (non-hydrogen) atoms. The zero-order valence-corrected chi connectivity index (χ0v) is 11.0. The topological polar surface area (TPSA) is 91.8 Å². The molecular formula is C7H6BrClN2O4S. The van der Waals surface area contributed by atoms with E-state index in [2.05, 4.69) is 20.9 Å². The number of methoxy groups -OCH3 is 1. The maximum absolute atomic E-state index is 10.9. The molecule has 0 spiro atoms. The van der Waals surface area contributed by atoms with E-state index in [1.807, 2.05) is 0 Å². The van der Waals surface area contributed by atoms with Crippen LogP contribution in [0.2, 0.25) is 0 Å². The molecule has 0 radical (unpaired) electrons. The van der Waals surface area contributed by atoms with E-state index in [4.69, 9.17) is 14.7 Å². The Morgan fingerprint density at radius 1 is 1.50 bits per heavy atom. The van der Waals surface area contributed by atoms with E-state index in [0.717, 1.165) is 6.07 Å². The van der Waals surface area contributed by atoms with Gasteiger partial charge in [-0.15, -0.1) is 0 Å². The van der Waals surface area contributed by atoms with Crippen LogP contribution in [0.5, 0.6) is 5.75 Å². The van der Waals surface area contributed by atoms with Gasteiger partial charge in [0.25, 0.3) is 0 Å². The summed E-state index contributed by atoms with van der Waals surface area (Å²) < 4.78 is 35.8. The van der Waals surface area contributed by atoms with Gasteiger partial charge in [-0.25, -0.2) is 0 Å². The van der Waals surface area contributed by atoms with E-state index in [0.29, 0.717) is 4.47 Å². The highest BCUT2D eigenvalue weighted by Crippen LogP contribution is 2.35. The van der Waals surface area contributed by atoms with E-state index in [1.54, 1.807) is 0 Å². The molecule has 1 aromatic carbocycles. The molecule has 0 atom stereocenters. The molecule has 88 valence electrons. The van der Waals surface area contributed by atoms with E-state index in [1.165, 1.54) is 13.2 Å². The van der Waals surface area contributed by atoms with Gasteiger partial charge in [0.2, 0.25) is 5.39 Å². The highest BCUT2D eigenvalue weighted by molar-refractivity contribution is 9.10. The van der Waals surface area contributed by atoms with Crippen molar-refractivity contribution >= 4 is 31.7 Å². The highest BCUT2D eigenvalue weighted by Gasteiger charge is 2.27. The number of benzene rings is 1. The van der Waals surface area contributed by atoms with E-state index in [9.17, 15) is 8.42 Å². The number of hydrogen-bond donors (Lipinski definition) is 1. The first kappa shape index (κ1) is 15.1. The average molecular weight is 330 g/mol. The van der Waals surface area contributed by atoms with Crippen LogP contribution in [-0.4, -0.2) is 20.1 Å². The maximum atomic E-state index is 10.9. The van der Waals surface area contributed by atoms with Crippen LogP contribution in [0, 0.1) is 5.39 Å². The summed E-state index contributed by atoms with van der Waals surface area (Å²) in [4.78, 5) is 2.24. The van der Waals surface area contributed by atoms with Gasteiger partial charge >= 0.3 is 15.8 Å². The smallest absolute Gasteiger partial charge is 0.409 e. The first-order valence-corrected chi connectivity index (χ1v) is 5.83. The second-order valence-electron chi connectivity index (χ2n) is 2.53. The second kappa shape index (κ2) is 5.45. The van der Waals surface area contributed by atoms with Crippen molar-refractivity contribution in [1.82, 2.24) is 0 Å². The van der Waals surface area contributed by atoms with Crippen molar-refractivity contribution in [3.05, 3.63) is 21.6 Å². The van der Waals surface area contributed by atoms with E-state index in [-0.39, 0.29) is 23.8 Å². The molecule has 0 saturated carbocycles. The third-order valence-corrected chi connectivity index (χ3v) is 3.12. The quantitative estimate of drug-likeness (QED) is 0.566. The molecule has 0 amide bonds. The normalized spacial score (nSPS) is 10.1. The molecule has 0 unspecified atom stereocenters. The maximum Gasteiger partial charge on any atom is 0.409 e. The predicted octanol–water partition coefficient (Wildman–Crippen LogP) is -0.807. The van der Waals surface area contributed by atoms with Crippen LogP contribution < -0.4 is 17.1 Å². The molecule has 0 fully saturated rings. The summed E-state index contributed by atoms with van der Waals surface area (Å²) in [5.74, 6) is 0.287. The van der Waals surface area contributed by atoms with Gasteiger partial charge in [-0.3, -0.25) is 4.55 Å². The van der Waals surface area contributed by atoms with Crippen molar-refractivity contribution in [2.24, 2.45) is 0 Å². The number of rotatable bonds is 2. The highest BCUT2D eigenvalue weighted by atomic mass is 79.9. The van der Waals surface area contributed by atoms with Gasteiger partial charge in [0.05, 0.1) is 17.6 Å². The minimum atomic E-state index is -4.43. The Hall–Kier alpha value is -0.880.